The number of benzene rings is 1. The highest BCUT2D eigenvalue weighted by Crippen LogP contribution is 2.18. The summed E-state index contributed by atoms with van der Waals surface area (Å²) in [5.74, 6) is 0. The molecule has 0 aliphatic carbocycles. The lowest BCUT2D eigenvalue weighted by Gasteiger charge is -2.14. The van der Waals surface area contributed by atoms with E-state index in [9.17, 15) is 0 Å². The van der Waals surface area contributed by atoms with Gasteiger partial charge < -0.3 is 5.32 Å². The van der Waals surface area contributed by atoms with Crippen LogP contribution in [0.3, 0.4) is 0 Å². The van der Waals surface area contributed by atoms with E-state index in [0.29, 0.717) is 6.04 Å². The van der Waals surface area contributed by atoms with Gasteiger partial charge in [0.25, 0.3) is 0 Å². The molecule has 1 unspecified atom stereocenters. The molecule has 96 valence electrons. The number of aryl methyl sites for hydroxylation is 1. The van der Waals surface area contributed by atoms with Crippen molar-refractivity contribution in [2.75, 3.05) is 0 Å². The van der Waals surface area contributed by atoms with Crippen molar-refractivity contribution < 1.29 is 0 Å². The number of rotatable bonds is 5. The molecule has 0 aliphatic rings. The van der Waals surface area contributed by atoms with Crippen LogP contribution in [0.1, 0.15) is 22.9 Å². The first-order chi connectivity index (χ1) is 8.66. The van der Waals surface area contributed by atoms with Gasteiger partial charge in [-0.25, -0.2) is 0 Å². The summed E-state index contributed by atoms with van der Waals surface area (Å²) in [4.78, 5) is 1.42. The number of nitrogens with one attached hydrogen (secondary N) is 1. The van der Waals surface area contributed by atoms with Gasteiger partial charge in [0.05, 0.1) is 0 Å². The highest BCUT2D eigenvalue weighted by Gasteiger charge is 2.07. The molecule has 0 saturated carbocycles. The fourth-order valence-electron chi connectivity index (χ4n) is 1.92. The van der Waals surface area contributed by atoms with Crippen LogP contribution in [0.25, 0.3) is 0 Å². The minimum Gasteiger partial charge on any atom is -0.309 e. The predicted octanol–water partition coefficient (Wildman–Crippen LogP) is 4.43. The number of hydrogen-bond acceptors (Lipinski definition) is 2. The van der Waals surface area contributed by atoms with E-state index in [1.54, 1.807) is 0 Å². The van der Waals surface area contributed by atoms with E-state index < -0.39 is 0 Å². The monoisotopic (exact) mass is 279 g/mol. The Morgan fingerprint density at radius 1 is 1.28 bits per heavy atom. The van der Waals surface area contributed by atoms with Gasteiger partial charge in [-0.1, -0.05) is 29.8 Å². The highest BCUT2D eigenvalue weighted by atomic mass is 35.5. The van der Waals surface area contributed by atoms with Gasteiger partial charge in [-0.3, -0.25) is 0 Å². The van der Waals surface area contributed by atoms with E-state index in [1.165, 1.54) is 16.0 Å². The molecule has 0 aliphatic heterocycles. The normalized spacial score (nSPS) is 12.6. The first kappa shape index (κ1) is 13.6. The van der Waals surface area contributed by atoms with Gasteiger partial charge in [-0.05, 0) is 48.9 Å². The quantitative estimate of drug-likeness (QED) is 0.854. The average molecular weight is 280 g/mol. The topological polar surface area (TPSA) is 12.0 Å². The number of hydrogen-bond donors (Lipinski definition) is 1. The van der Waals surface area contributed by atoms with Crippen molar-refractivity contribution in [1.29, 1.82) is 0 Å². The molecule has 1 N–H and O–H groups in total. The second-order valence-corrected chi connectivity index (χ2v) is 6.01. The molecule has 2 rings (SSSR count). The van der Waals surface area contributed by atoms with Crippen molar-refractivity contribution in [3.63, 3.8) is 0 Å². The van der Waals surface area contributed by atoms with Crippen LogP contribution in [0, 0.1) is 6.92 Å². The smallest absolute Gasteiger partial charge is 0.0438 e. The first-order valence-corrected chi connectivity index (χ1v) is 7.42. The van der Waals surface area contributed by atoms with Crippen molar-refractivity contribution in [2.45, 2.75) is 32.9 Å². The van der Waals surface area contributed by atoms with Crippen LogP contribution in [-0.4, -0.2) is 6.04 Å². The zero-order valence-electron chi connectivity index (χ0n) is 10.7. The lowest BCUT2D eigenvalue weighted by Crippen LogP contribution is -2.27. The van der Waals surface area contributed by atoms with Crippen LogP contribution in [0.2, 0.25) is 5.02 Å². The average Bonchev–Trinajstić information content (AvgIpc) is 2.75. The Kier molecular flexibility index (Phi) is 4.81. The fraction of sp³-hybridized carbons (Fsp3) is 0.333. The Hall–Kier alpha value is -0.830. The van der Waals surface area contributed by atoms with Crippen molar-refractivity contribution in [3.05, 3.63) is 56.7 Å². The number of thiophene rings is 1. The molecule has 1 aromatic carbocycles. The van der Waals surface area contributed by atoms with Gasteiger partial charge in [0.1, 0.15) is 0 Å². The molecule has 0 spiro atoms. The van der Waals surface area contributed by atoms with Gasteiger partial charge in [0.2, 0.25) is 0 Å². The summed E-state index contributed by atoms with van der Waals surface area (Å²) >= 11 is 7.98. The molecule has 0 amide bonds. The van der Waals surface area contributed by atoms with Crippen molar-refractivity contribution in [2.24, 2.45) is 0 Å². The Morgan fingerprint density at radius 3 is 2.72 bits per heavy atom. The molecule has 1 aromatic heterocycles. The Labute approximate surface area is 118 Å². The molecule has 2 aromatic rings. The van der Waals surface area contributed by atoms with Crippen molar-refractivity contribution in [3.8, 4) is 0 Å². The summed E-state index contributed by atoms with van der Waals surface area (Å²) in [6.07, 6.45) is 0.962. The third-order valence-corrected chi connectivity index (χ3v) is 4.45. The Bertz CT molecular complexity index is 507. The minimum absolute atomic E-state index is 0.423. The van der Waals surface area contributed by atoms with Gasteiger partial charge in [0.15, 0.2) is 0 Å². The molecule has 0 radical (unpaired) electrons. The van der Waals surface area contributed by atoms with E-state index in [-0.39, 0.29) is 0 Å². The van der Waals surface area contributed by atoms with Crippen LogP contribution in [0.4, 0.5) is 0 Å². The third-order valence-electron chi connectivity index (χ3n) is 3.06. The minimum atomic E-state index is 0.423. The molecule has 1 nitrogen and oxygen atoms in total. The zero-order valence-corrected chi connectivity index (χ0v) is 12.3. The SMILES string of the molecule is Cc1ccsc1CNC(C)Cc1ccccc1Cl. The molecule has 18 heavy (non-hydrogen) atoms. The maximum Gasteiger partial charge on any atom is 0.0438 e. The summed E-state index contributed by atoms with van der Waals surface area (Å²) in [5.41, 5.74) is 2.58. The maximum atomic E-state index is 6.17. The van der Waals surface area contributed by atoms with E-state index in [4.69, 9.17) is 11.6 Å². The zero-order chi connectivity index (χ0) is 13.0. The molecule has 1 heterocycles. The van der Waals surface area contributed by atoms with Gasteiger partial charge in [0, 0.05) is 22.5 Å². The lowest BCUT2D eigenvalue weighted by atomic mass is 10.1. The largest absolute Gasteiger partial charge is 0.309 e. The van der Waals surface area contributed by atoms with Gasteiger partial charge in [-0.2, -0.15) is 0 Å². The Balaban J connectivity index is 1.88. The molecular weight excluding hydrogens is 262 g/mol. The molecule has 0 bridgehead atoms. The summed E-state index contributed by atoms with van der Waals surface area (Å²) in [6.45, 7) is 5.30. The standard InChI is InChI=1S/C15H18ClNS/c1-11-7-8-18-15(11)10-17-12(2)9-13-5-3-4-6-14(13)16/h3-8,12,17H,9-10H2,1-2H3. The maximum absolute atomic E-state index is 6.17. The van der Waals surface area contributed by atoms with Gasteiger partial charge in [-0.15, -0.1) is 11.3 Å². The van der Waals surface area contributed by atoms with E-state index in [0.717, 1.165) is 18.0 Å². The second-order valence-electron chi connectivity index (χ2n) is 4.60. The fourth-order valence-corrected chi connectivity index (χ4v) is 2.99. The summed E-state index contributed by atoms with van der Waals surface area (Å²) in [5, 5.41) is 6.56. The summed E-state index contributed by atoms with van der Waals surface area (Å²) in [7, 11) is 0. The van der Waals surface area contributed by atoms with Crippen LogP contribution >= 0.6 is 22.9 Å². The molecule has 0 fully saturated rings. The van der Waals surface area contributed by atoms with E-state index >= 15 is 0 Å². The lowest BCUT2D eigenvalue weighted by molar-refractivity contribution is 0.548. The molecule has 3 heteroatoms. The molecular formula is C15H18ClNS. The van der Waals surface area contributed by atoms with Crippen LogP contribution in [0.15, 0.2) is 35.7 Å². The Morgan fingerprint density at radius 2 is 2.06 bits per heavy atom. The molecule has 1 atom stereocenters. The van der Waals surface area contributed by atoms with Crippen molar-refractivity contribution >= 4 is 22.9 Å². The molecule has 0 saturated heterocycles. The van der Waals surface area contributed by atoms with Gasteiger partial charge >= 0.3 is 0 Å². The summed E-state index contributed by atoms with van der Waals surface area (Å²) in [6, 6.07) is 10.6. The van der Waals surface area contributed by atoms with E-state index in [2.05, 4.69) is 36.7 Å². The third kappa shape index (κ3) is 3.58. The van der Waals surface area contributed by atoms with E-state index in [1.807, 2.05) is 29.5 Å². The number of halogens is 1. The van der Waals surface area contributed by atoms with Crippen LogP contribution in [-0.2, 0) is 13.0 Å². The summed E-state index contributed by atoms with van der Waals surface area (Å²) < 4.78 is 0. The second kappa shape index (κ2) is 6.37. The van der Waals surface area contributed by atoms with Crippen molar-refractivity contribution in [1.82, 2.24) is 5.32 Å². The van der Waals surface area contributed by atoms with Crippen LogP contribution < -0.4 is 5.32 Å². The predicted molar refractivity (Wildman–Crippen MR) is 80.5 cm³/mol. The highest BCUT2D eigenvalue weighted by molar-refractivity contribution is 7.10. The first-order valence-electron chi connectivity index (χ1n) is 6.16. The van der Waals surface area contributed by atoms with Crippen LogP contribution in [0.5, 0.6) is 0 Å².